The third kappa shape index (κ3) is 9.12. The van der Waals surface area contributed by atoms with Crippen LogP contribution >= 0.6 is 21.6 Å². The van der Waals surface area contributed by atoms with Crippen LogP contribution in [0.2, 0.25) is 0 Å². The largest absolute Gasteiger partial charge is 0.478 e. The summed E-state index contributed by atoms with van der Waals surface area (Å²) in [5, 5.41) is 4.90. The zero-order chi connectivity index (χ0) is 27.5. The van der Waals surface area contributed by atoms with E-state index >= 15 is 0 Å². The lowest BCUT2D eigenvalue weighted by molar-refractivity contribution is -0.197. The van der Waals surface area contributed by atoms with Crippen LogP contribution in [0.15, 0.2) is 17.2 Å². The second-order valence-electron chi connectivity index (χ2n) is 9.39. The molecule has 1 fully saturated rings. The fraction of sp³-hybridized carbons (Fsp3) is 0.560. The molecule has 0 bridgehead atoms. The first kappa shape index (κ1) is 29.6. The number of pyridine rings is 1. The number of carbonyl (C=O) groups is 5. The van der Waals surface area contributed by atoms with Crippen LogP contribution in [0.1, 0.15) is 76.5 Å². The summed E-state index contributed by atoms with van der Waals surface area (Å²) in [5.41, 5.74) is 5.13. The fourth-order valence-corrected chi connectivity index (χ4v) is 6.23. The Balaban J connectivity index is 1.45. The van der Waals surface area contributed by atoms with Gasteiger partial charge in [-0.1, -0.05) is 21.6 Å². The van der Waals surface area contributed by atoms with E-state index in [2.05, 4.69) is 15.5 Å². The van der Waals surface area contributed by atoms with E-state index in [4.69, 9.17) is 9.57 Å². The van der Waals surface area contributed by atoms with Gasteiger partial charge < -0.3 is 14.4 Å². The molecule has 11 nitrogen and oxygen atoms in total. The van der Waals surface area contributed by atoms with Gasteiger partial charge in [-0.05, 0) is 45.6 Å². The number of aromatic nitrogens is 1. The molecule has 206 valence electrons. The van der Waals surface area contributed by atoms with Crippen LogP contribution in [-0.2, 0) is 35.2 Å². The average molecular weight is 565 g/mol. The first-order valence-electron chi connectivity index (χ1n) is 12.5. The van der Waals surface area contributed by atoms with Crippen molar-refractivity contribution in [2.24, 2.45) is 5.10 Å². The minimum atomic E-state index is -0.669. The van der Waals surface area contributed by atoms with Crippen molar-refractivity contribution >= 4 is 57.3 Å². The zero-order valence-electron chi connectivity index (χ0n) is 21.5. The van der Waals surface area contributed by atoms with E-state index in [1.807, 2.05) is 19.9 Å². The Morgan fingerprint density at radius 2 is 1.95 bits per heavy atom. The monoisotopic (exact) mass is 564 g/mol. The van der Waals surface area contributed by atoms with Crippen molar-refractivity contribution in [2.45, 2.75) is 76.4 Å². The number of fused-ring (bicyclic) bond motifs is 1. The van der Waals surface area contributed by atoms with Crippen molar-refractivity contribution in [3.8, 4) is 5.88 Å². The van der Waals surface area contributed by atoms with Crippen LogP contribution in [-0.4, -0.2) is 62.8 Å². The van der Waals surface area contributed by atoms with E-state index in [9.17, 15) is 24.0 Å². The molecule has 38 heavy (non-hydrogen) atoms. The average Bonchev–Trinajstić information content (AvgIpc) is 3.19. The molecule has 0 spiro atoms. The maximum absolute atomic E-state index is 12.5. The van der Waals surface area contributed by atoms with E-state index < -0.39 is 17.8 Å². The normalized spacial score (nSPS) is 16.4. The first-order valence-corrected chi connectivity index (χ1v) is 14.8. The van der Waals surface area contributed by atoms with Crippen molar-refractivity contribution in [1.29, 1.82) is 0 Å². The second-order valence-corrected chi connectivity index (χ2v) is 12.5. The molecule has 0 atom stereocenters. The standard InChI is InChI=1S/C25H32N4O7S2/c1-25(2,38-37-15-5-13-30)16-20(31)28-27-19-7-3-6-18-17(19)9-10-21(26-18)35-14-4-8-24(34)36-29-22(32)11-12-23(29)33/h9-10,13H,3-8,11-12,14-16H2,1-2H3,(H,28,31)/b27-19+. The number of imide groups is 1. The van der Waals surface area contributed by atoms with Gasteiger partial charge in [0.05, 0.1) is 24.4 Å². The number of aldehydes is 1. The molecule has 3 amide bonds. The Morgan fingerprint density at radius 1 is 1.18 bits per heavy atom. The molecule has 2 heterocycles. The third-order valence-corrected chi connectivity index (χ3v) is 8.89. The predicted octanol–water partition coefficient (Wildman–Crippen LogP) is 3.14. The van der Waals surface area contributed by atoms with Gasteiger partial charge in [0.2, 0.25) is 11.8 Å². The molecule has 0 saturated carbocycles. The van der Waals surface area contributed by atoms with Crippen molar-refractivity contribution in [3.63, 3.8) is 0 Å². The number of nitrogens with zero attached hydrogens (tertiary/aromatic N) is 3. The quantitative estimate of drug-likeness (QED) is 0.118. The highest BCUT2D eigenvalue weighted by atomic mass is 33.1. The summed E-state index contributed by atoms with van der Waals surface area (Å²) in [7, 11) is 3.16. The number of aryl methyl sites for hydroxylation is 1. The summed E-state index contributed by atoms with van der Waals surface area (Å²) in [5.74, 6) is -0.736. The zero-order valence-corrected chi connectivity index (χ0v) is 23.2. The highest BCUT2D eigenvalue weighted by Crippen LogP contribution is 2.38. The summed E-state index contributed by atoms with van der Waals surface area (Å²) >= 11 is 0. The van der Waals surface area contributed by atoms with Crippen LogP contribution in [0.4, 0.5) is 0 Å². The lowest BCUT2D eigenvalue weighted by Crippen LogP contribution is -2.32. The Labute approximate surface area is 229 Å². The number of rotatable bonds is 14. The number of hydrazone groups is 1. The number of nitrogens with one attached hydrogen (secondary N) is 1. The number of amides is 3. The summed E-state index contributed by atoms with van der Waals surface area (Å²) < 4.78 is 5.38. The SMILES string of the molecule is CC(C)(CC(=O)N/N=C1\CCCc2nc(OCCCC(=O)ON3C(=O)CCC3=O)ccc21)SSCCC=O. The van der Waals surface area contributed by atoms with Gasteiger partial charge >= 0.3 is 5.97 Å². The second kappa shape index (κ2) is 14.3. The molecular formula is C25H32N4O7S2. The molecular weight excluding hydrogens is 532 g/mol. The van der Waals surface area contributed by atoms with Gasteiger partial charge in [0.1, 0.15) is 6.29 Å². The fourth-order valence-electron chi connectivity index (χ4n) is 3.77. The molecule has 1 aliphatic carbocycles. The molecule has 0 radical (unpaired) electrons. The van der Waals surface area contributed by atoms with Crippen LogP contribution < -0.4 is 10.2 Å². The molecule has 2 aliphatic rings. The minimum Gasteiger partial charge on any atom is -0.478 e. The number of ether oxygens (including phenoxy) is 1. The molecule has 0 aromatic carbocycles. The molecule has 1 aromatic rings. The molecule has 1 saturated heterocycles. The first-order chi connectivity index (χ1) is 18.2. The Hall–Kier alpha value is -2.93. The van der Waals surface area contributed by atoms with Crippen LogP contribution in [0.25, 0.3) is 0 Å². The van der Waals surface area contributed by atoms with Gasteiger partial charge in [0.15, 0.2) is 0 Å². The van der Waals surface area contributed by atoms with Crippen molar-refractivity contribution in [3.05, 3.63) is 23.4 Å². The number of hydroxylamine groups is 2. The summed E-state index contributed by atoms with van der Waals surface area (Å²) in [4.78, 5) is 67.2. The van der Waals surface area contributed by atoms with Gasteiger partial charge in [-0.25, -0.2) is 15.2 Å². The maximum Gasteiger partial charge on any atom is 0.333 e. The molecule has 3 rings (SSSR count). The van der Waals surface area contributed by atoms with E-state index in [0.29, 0.717) is 36.0 Å². The van der Waals surface area contributed by atoms with Crippen LogP contribution in [0.5, 0.6) is 5.88 Å². The Morgan fingerprint density at radius 3 is 2.68 bits per heavy atom. The molecule has 13 heteroatoms. The van der Waals surface area contributed by atoms with Crippen molar-refractivity contribution in [2.75, 3.05) is 12.4 Å². The van der Waals surface area contributed by atoms with Gasteiger partial charge in [0, 0.05) is 47.8 Å². The maximum atomic E-state index is 12.5. The van der Waals surface area contributed by atoms with E-state index in [1.165, 1.54) is 0 Å². The van der Waals surface area contributed by atoms with Gasteiger partial charge in [-0.3, -0.25) is 14.4 Å². The van der Waals surface area contributed by atoms with Gasteiger partial charge in [-0.15, -0.1) is 5.06 Å². The number of hydrogen-bond donors (Lipinski definition) is 1. The highest BCUT2D eigenvalue weighted by molar-refractivity contribution is 8.77. The highest BCUT2D eigenvalue weighted by Gasteiger charge is 2.32. The molecule has 0 unspecified atom stereocenters. The summed E-state index contributed by atoms with van der Waals surface area (Å²) in [6, 6.07) is 3.59. The smallest absolute Gasteiger partial charge is 0.333 e. The van der Waals surface area contributed by atoms with Crippen molar-refractivity contribution < 1.29 is 33.5 Å². The Bertz CT molecular complexity index is 1080. The van der Waals surface area contributed by atoms with E-state index in [0.717, 1.165) is 42.5 Å². The lowest BCUT2D eigenvalue weighted by atomic mass is 9.94. The summed E-state index contributed by atoms with van der Waals surface area (Å²) in [6.07, 6.45) is 4.42. The molecule has 1 aromatic heterocycles. The van der Waals surface area contributed by atoms with Crippen molar-refractivity contribution in [1.82, 2.24) is 15.5 Å². The Kier molecular flexibility index (Phi) is 11.1. The lowest BCUT2D eigenvalue weighted by Gasteiger charge is -2.22. The topological polar surface area (TPSA) is 144 Å². The third-order valence-electron chi connectivity index (χ3n) is 5.57. The minimum absolute atomic E-state index is 0.00868. The summed E-state index contributed by atoms with van der Waals surface area (Å²) in [6.45, 7) is 4.18. The molecule has 1 aliphatic heterocycles. The van der Waals surface area contributed by atoms with E-state index in [1.54, 1.807) is 27.7 Å². The predicted molar refractivity (Wildman–Crippen MR) is 143 cm³/mol. The van der Waals surface area contributed by atoms with Gasteiger partial charge in [0.25, 0.3) is 11.8 Å². The van der Waals surface area contributed by atoms with Gasteiger partial charge in [-0.2, -0.15) is 5.10 Å². The van der Waals surface area contributed by atoms with Crippen LogP contribution in [0, 0.1) is 0 Å². The number of hydrogen-bond acceptors (Lipinski definition) is 11. The van der Waals surface area contributed by atoms with E-state index in [-0.39, 0.29) is 36.5 Å². The molecule has 1 N–H and O–H groups in total. The number of carbonyl (C=O) groups excluding carboxylic acids is 5. The van der Waals surface area contributed by atoms with Crippen LogP contribution in [0.3, 0.4) is 0 Å².